The van der Waals surface area contributed by atoms with Crippen LogP contribution in [0.5, 0.6) is 0 Å². The predicted octanol–water partition coefficient (Wildman–Crippen LogP) is 2.74. The van der Waals surface area contributed by atoms with Crippen LogP contribution in [0.2, 0.25) is 0 Å². The summed E-state index contributed by atoms with van der Waals surface area (Å²) in [7, 11) is -3.93. The average Bonchev–Trinajstić information content (AvgIpc) is 3.20. The molecule has 0 unspecified atom stereocenters. The summed E-state index contributed by atoms with van der Waals surface area (Å²) < 4.78 is 44.9. The minimum atomic E-state index is -3.93. The molecule has 0 radical (unpaired) electrons. The molecule has 1 N–H and O–H groups in total. The third-order valence-corrected chi connectivity index (χ3v) is 5.50. The Morgan fingerprint density at radius 1 is 1.17 bits per heavy atom. The fourth-order valence-electron chi connectivity index (χ4n) is 2.98. The first kappa shape index (κ1) is 21.4. The fourth-order valence-corrected chi connectivity index (χ4v) is 4.19. The van der Waals surface area contributed by atoms with E-state index < -0.39 is 27.8 Å². The van der Waals surface area contributed by atoms with Crippen LogP contribution in [-0.4, -0.2) is 36.8 Å². The lowest BCUT2D eigenvalue weighted by atomic mass is 10.2. The number of aromatic nitrogens is 2. The highest BCUT2D eigenvalue weighted by molar-refractivity contribution is 7.92. The molecule has 0 fully saturated rings. The van der Waals surface area contributed by atoms with E-state index in [1.807, 2.05) is 30.3 Å². The van der Waals surface area contributed by atoms with E-state index in [0.29, 0.717) is 5.82 Å². The van der Waals surface area contributed by atoms with Crippen molar-refractivity contribution < 1.29 is 22.1 Å². The van der Waals surface area contributed by atoms with Gasteiger partial charge in [-0.1, -0.05) is 54.5 Å². The summed E-state index contributed by atoms with van der Waals surface area (Å²) in [6, 6.07) is 13.4. The van der Waals surface area contributed by atoms with Crippen molar-refractivity contribution in [1.29, 1.82) is 0 Å². The minimum Gasteiger partial charge on any atom is -0.345 e. The maximum Gasteiger partial charge on any atom is 0.246 e. The number of nitrogens with zero attached hydrogens (tertiary/aromatic N) is 3. The molecule has 0 saturated carbocycles. The molecule has 1 aromatic heterocycles. The number of sulfonamides is 1. The molecule has 0 bridgehead atoms. The maximum atomic E-state index is 14.3. The molecule has 158 valence electrons. The number of rotatable bonds is 8. The zero-order chi connectivity index (χ0) is 21.7. The van der Waals surface area contributed by atoms with Crippen LogP contribution < -0.4 is 9.62 Å². The molecule has 30 heavy (non-hydrogen) atoms. The van der Waals surface area contributed by atoms with Crippen LogP contribution in [0.25, 0.3) is 11.4 Å². The summed E-state index contributed by atoms with van der Waals surface area (Å²) in [6.07, 6.45) is 1.06. The van der Waals surface area contributed by atoms with Crippen LogP contribution in [0.3, 0.4) is 0 Å². The van der Waals surface area contributed by atoms with Gasteiger partial charge in [-0.2, -0.15) is 4.98 Å². The third kappa shape index (κ3) is 4.82. The molecule has 2 aromatic carbocycles. The lowest BCUT2D eigenvalue weighted by Gasteiger charge is -2.30. The van der Waals surface area contributed by atoms with E-state index >= 15 is 0 Å². The Labute approximate surface area is 173 Å². The van der Waals surface area contributed by atoms with Crippen LogP contribution in [0.4, 0.5) is 10.1 Å². The highest BCUT2D eigenvalue weighted by atomic mass is 32.2. The van der Waals surface area contributed by atoms with Crippen LogP contribution >= 0.6 is 0 Å². The molecule has 3 aromatic rings. The molecule has 8 nitrogen and oxygen atoms in total. The number of hydrogen-bond acceptors (Lipinski definition) is 6. The second-order valence-corrected chi connectivity index (χ2v) is 8.39. The summed E-state index contributed by atoms with van der Waals surface area (Å²) in [5, 5.41) is 6.46. The van der Waals surface area contributed by atoms with Gasteiger partial charge in [-0.25, -0.2) is 12.8 Å². The number of amides is 1. The Bertz CT molecular complexity index is 1120. The van der Waals surface area contributed by atoms with Crippen molar-refractivity contribution in [3.8, 4) is 11.4 Å². The van der Waals surface area contributed by atoms with Gasteiger partial charge in [0, 0.05) is 5.56 Å². The number of hydrogen-bond donors (Lipinski definition) is 1. The molecular formula is C20H21FN4O4S. The molecule has 1 atom stereocenters. The number of anilines is 1. The number of carbonyl (C=O) groups is 1. The van der Waals surface area contributed by atoms with Gasteiger partial charge in [-0.05, 0) is 18.6 Å². The van der Waals surface area contributed by atoms with Crippen LogP contribution in [0, 0.1) is 5.82 Å². The van der Waals surface area contributed by atoms with Crippen molar-refractivity contribution in [2.45, 2.75) is 25.9 Å². The van der Waals surface area contributed by atoms with Gasteiger partial charge >= 0.3 is 0 Å². The quantitative estimate of drug-likeness (QED) is 0.587. The van der Waals surface area contributed by atoms with E-state index in [1.165, 1.54) is 18.2 Å². The normalized spacial score (nSPS) is 12.4. The molecule has 1 heterocycles. The monoisotopic (exact) mass is 432 g/mol. The van der Waals surface area contributed by atoms with E-state index in [9.17, 15) is 17.6 Å². The van der Waals surface area contributed by atoms with Crippen molar-refractivity contribution in [3.05, 3.63) is 66.3 Å². The largest absolute Gasteiger partial charge is 0.345 e. The molecule has 0 aliphatic rings. The topological polar surface area (TPSA) is 105 Å². The number of para-hydroxylation sites is 1. The predicted molar refractivity (Wildman–Crippen MR) is 109 cm³/mol. The molecule has 3 rings (SSSR count). The fraction of sp³-hybridized carbons (Fsp3) is 0.250. The summed E-state index contributed by atoms with van der Waals surface area (Å²) in [5.74, 6) is -0.811. The van der Waals surface area contributed by atoms with Crippen molar-refractivity contribution in [1.82, 2.24) is 15.5 Å². The molecular weight excluding hydrogens is 411 g/mol. The van der Waals surface area contributed by atoms with E-state index in [1.54, 1.807) is 6.92 Å². The first-order valence-corrected chi connectivity index (χ1v) is 11.1. The van der Waals surface area contributed by atoms with Crippen molar-refractivity contribution >= 4 is 21.6 Å². The lowest BCUT2D eigenvalue weighted by Crippen LogP contribution is -2.49. The molecule has 0 saturated heterocycles. The first-order chi connectivity index (χ1) is 14.3. The summed E-state index contributed by atoms with van der Waals surface area (Å²) in [4.78, 5) is 17.0. The van der Waals surface area contributed by atoms with Gasteiger partial charge in [-0.3, -0.25) is 9.10 Å². The average molecular weight is 432 g/mol. The van der Waals surface area contributed by atoms with Crippen LogP contribution in [0.15, 0.2) is 59.1 Å². The standard InChI is InChI=1S/C20H21FN4O4S/c1-3-16(25(30(2,27)28)17-12-8-7-11-15(17)21)20(26)22-13-18-23-19(24-29-18)14-9-5-4-6-10-14/h4-12,16H,3,13H2,1-2H3,(H,22,26)/t16-/m0/s1. The molecule has 0 spiro atoms. The van der Waals surface area contributed by atoms with Gasteiger partial charge in [-0.15, -0.1) is 0 Å². The number of nitrogens with one attached hydrogen (secondary N) is 1. The number of carbonyl (C=O) groups excluding carboxylic acids is 1. The second kappa shape index (κ2) is 9.04. The van der Waals surface area contributed by atoms with Crippen molar-refractivity contribution in [2.24, 2.45) is 0 Å². The van der Waals surface area contributed by atoms with E-state index in [0.717, 1.165) is 22.2 Å². The Morgan fingerprint density at radius 2 is 1.83 bits per heavy atom. The van der Waals surface area contributed by atoms with Crippen molar-refractivity contribution in [2.75, 3.05) is 10.6 Å². The van der Waals surface area contributed by atoms with Gasteiger partial charge in [0.15, 0.2) is 0 Å². The van der Waals surface area contributed by atoms with E-state index in [2.05, 4.69) is 15.5 Å². The highest BCUT2D eigenvalue weighted by Gasteiger charge is 2.33. The van der Waals surface area contributed by atoms with E-state index in [4.69, 9.17) is 4.52 Å². The van der Waals surface area contributed by atoms with Crippen LogP contribution in [-0.2, 0) is 21.4 Å². The van der Waals surface area contributed by atoms with Gasteiger partial charge in [0.1, 0.15) is 11.9 Å². The molecule has 0 aliphatic carbocycles. The van der Waals surface area contributed by atoms with Gasteiger partial charge in [0.25, 0.3) is 0 Å². The van der Waals surface area contributed by atoms with Gasteiger partial charge < -0.3 is 9.84 Å². The SMILES string of the molecule is CC[C@@H](C(=O)NCc1nc(-c2ccccc2)no1)N(c1ccccc1F)S(C)(=O)=O. The smallest absolute Gasteiger partial charge is 0.246 e. The Morgan fingerprint density at radius 3 is 2.47 bits per heavy atom. The Kier molecular flexibility index (Phi) is 6.46. The Hall–Kier alpha value is -3.27. The molecule has 10 heteroatoms. The van der Waals surface area contributed by atoms with Gasteiger partial charge in [0.05, 0.1) is 18.5 Å². The summed E-state index contributed by atoms with van der Waals surface area (Å²) in [5.41, 5.74) is 0.569. The second-order valence-electron chi connectivity index (χ2n) is 6.53. The number of halogens is 1. The maximum absolute atomic E-state index is 14.3. The Balaban J connectivity index is 1.77. The molecule has 1 amide bonds. The third-order valence-electron chi connectivity index (χ3n) is 4.33. The zero-order valence-corrected chi connectivity index (χ0v) is 17.3. The summed E-state index contributed by atoms with van der Waals surface area (Å²) in [6.45, 7) is 1.55. The zero-order valence-electron chi connectivity index (χ0n) is 16.4. The lowest BCUT2D eigenvalue weighted by molar-refractivity contribution is -0.122. The van der Waals surface area contributed by atoms with Crippen molar-refractivity contribution in [3.63, 3.8) is 0 Å². The highest BCUT2D eigenvalue weighted by Crippen LogP contribution is 2.25. The van der Waals surface area contributed by atoms with Crippen LogP contribution in [0.1, 0.15) is 19.2 Å². The number of benzene rings is 2. The first-order valence-electron chi connectivity index (χ1n) is 9.21. The minimum absolute atomic E-state index is 0.0932. The van der Waals surface area contributed by atoms with E-state index in [-0.39, 0.29) is 24.5 Å². The molecule has 0 aliphatic heterocycles. The van der Waals surface area contributed by atoms with Gasteiger partial charge in [0.2, 0.25) is 27.6 Å². The summed E-state index contributed by atoms with van der Waals surface area (Å²) >= 11 is 0.